The minimum Gasteiger partial charge on any atom is -0.214 e. The summed E-state index contributed by atoms with van der Waals surface area (Å²) < 4.78 is 69.5. The van der Waals surface area contributed by atoms with Crippen molar-refractivity contribution in [1.29, 1.82) is 0 Å². The highest BCUT2D eigenvalue weighted by Crippen LogP contribution is 2.29. The first-order chi connectivity index (χ1) is 6.25. The molecule has 1 rings (SSSR count). The third-order valence-corrected chi connectivity index (χ3v) is 2.75. The number of sulfone groups is 1. The van der Waals surface area contributed by atoms with Crippen LogP contribution in [0.25, 0.3) is 0 Å². The molecule has 0 unspecified atom stereocenters. The van der Waals surface area contributed by atoms with Crippen LogP contribution < -0.4 is 0 Å². The first-order valence-corrected chi connectivity index (χ1v) is 4.72. The minimum atomic E-state index is -5.49. The maximum absolute atomic E-state index is 12.4. The highest BCUT2D eigenvalue weighted by molar-refractivity contribution is 7.92. The topological polar surface area (TPSA) is 34.1 Å². The van der Waals surface area contributed by atoms with Gasteiger partial charge in [0, 0.05) is 6.07 Å². The predicted molar refractivity (Wildman–Crippen MR) is 38.5 cm³/mol. The first kappa shape index (κ1) is 11.0. The van der Waals surface area contributed by atoms with E-state index in [4.69, 9.17) is 0 Å². The Morgan fingerprint density at radius 3 is 2.21 bits per heavy atom. The van der Waals surface area contributed by atoms with Crippen LogP contribution in [0, 0.1) is 11.9 Å². The van der Waals surface area contributed by atoms with Gasteiger partial charge in [-0.05, 0) is 12.1 Å². The average molecular weight is 227 g/mol. The molecular weight excluding hydrogens is 224 g/mol. The second-order valence-corrected chi connectivity index (χ2v) is 4.22. The number of rotatable bonds is 1. The fourth-order valence-electron chi connectivity index (χ4n) is 0.702. The van der Waals surface area contributed by atoms with E-state index in [0.717, 1.165) is 12.1 Å². The zero-order chi connectivity index (χ0) is 11.0. The summed E-state index contributed by atoms with van der Waals surface area (Å²) in [6.07, 6.45) is 0. The molecule has 0 fully saturated rings. The molecule has 14 heavy (non-hydrogen) atoms. The molecule has 0 aliphatic rings. The molecule has 0 spiro atoms. The normalized spacial score (nSPS) is 12.9. The Kier molecular flexibility index (Phi) is 2.53. The summed E-state index contributed by atoms with van der Waals surface area (Å²) in [5.41, 5.74) is -5.43. The van der Waals surface area contributed by atoms with Gasteiger partial charge in [-0.1, -0.05) is 6.07 Å². The molecule has 1 aromatic rings. The Balaban J connectivity index is 3.32. The predicted octanol–water partition coefficient (Wildman–Crippen LogP) is 1.92. The van der Waals surface area contributed by atoms with Crippen LogP contribution in [0.4, 0.5) is 17.6 Å². The fraction of sp³-hybridized carbons (Fsp3) is 0.143. The van der Waals surface area contributed by atoms with Gasteiger partial charge in [0.1, 0.15) is 5.82 Å². The summed E-state index contributed by atoms with van der Waals surface area (Å²) in [6.45, 7) is 0. The van der Waals surface area contributed by atoms with Gasteiger partial charge in [-0.2, -0.15) is 13.2 Å². The lowest BCUT2D eigenvalue weighted by Crippen LogP contribution is -2.23. The highest BCUT2D eigenvalue weighted by Gasteiger charge is 2.47. The van der Waals surface area contributed by atoms with Gasteiger partial charge in [0.25, 0.3) is 9.84 Å². The van der Waals surface area contributed by atoms with Crippen LogP contribution in [0.15, 0.2) is 23.1 Å². The van der Waals surface area contributed by atoms with Crippen LogP contribution in [-0.2, 0) is 9.84 Å². The maximum atomic E-state index is 12.4. The molecule has 1 radical (unpaired) electrons. The fourth-order valence-corrected chi connectivity index (χ4v) is 1.44. The van der Waals surface area contributed by atoms with Gasteiger partial charge in [-0.3, -0.25) is 0 Å². The van der Waals surface area contributed by atoms with Crippen molar-refractivity contribution in [1.82, 2.24) is 0 Å². The molecule has 2 nitrogen and oxygen atoms in total. The van der Waals surface area contributed by atoms with Crippen LogP contribution in [0.3, 0.4) is 0 Å². The summed E-state index contributed by atoms with van der Waals surface area (Å²) in [5.74, 6) is -1.16. The van der Waals surface area contributed by atoms with Gasteiger partial charge in [0.15, 0.2) is 0 Å². The van der Waals surface area contributed by atoms with E-state index < -0.39 is 26.1 Å². The molecule has 0 saturated heterocycles. The lowest BCUT2D eigenvalue weighted by Gasteiger charge is -2.06. The summed E-state index contributed by atoms with van der Waals surface area (Å²) in [7, 11) is -5.49. The Bertz CT molecular complexity index is 435. The smallest absolute Gasteiger partial charge is 0.214 e. The van der Waals surface area contributed by atoms with Gasteiger partial charge in [0.05, 0.1) is 4.90 Å². The van der Waals surface area contributed by atoms with Gasteiger partial charge >= 0.3 is 5.51 Å². The lowest BCUT2D eigenvalue weighted by atomic mass is 10.4. The van der Waals surface area contributed by atoms with Gasteiger partial charge in [-0.25, -0.2) is 12.8 Å². The van der Waals surface area contributed by atoms with Crippen molar-refractivity contribution in [3.8, 4) is 0 Å². The van der Waals surface area contributed by atoms with Crippen LogP contribution >= 0.6 is 0 Å². The largest absolute Gasteiger partial charge is 0.501 e. The number of hydrogen-bond donors (Lipinski definition) is 0. The maximum Gasteiger partial charge on any atom is 0.501 e. The molecule has 0 atom stereocenters. The van der Waals surface area contributed by atoms with Crippen LogP contribution in [0.1, 0.15) is 0 Å². The first-order valence-electron chi connectivity index (χ1n) is 3.24. The Hall–Kier alpha value is -1.11. The average Bonchev–Trinajstić information content (AvgIpc) is 2.02. The molecule has 0 aromatic heterocycles. The summed E-state index contributed by atoms with van der Waals surface area (Å²) in [5, 5.41) is 0. The zero-order valence-corrected chi connectivity index (χ0v) is 7.29. The Morgan fingerprint density at radius 2 is 1.79 bits per heavy atom. The van der Waals surface area contributed by atoms with Crippen LogP contribution in [-0.4, -0.2) is 13.9 Å². The van der Waals surface area contributed by atoms with E-state index in [9.17, 15) is 26.0 Å². The SMILES string of the molecule is O=S(=O)(c1[c]c(F)ccc1)C(F)(F)F. The van der Waals surface area contributed by atoms with Gasteiger partial charge in [-0.15, -0.1) is 0 Å². The highest BCUT2D eigenvalue weighted by atomic mass is 32.2. The van der Waals surface area contributed by atoms with Crippen LogP contribution in [0.5, 0.6) is 0 Å². The van der Waals surface area contributed by atoms with E-state index in [1.54, 1.807) is 0 Å². The Labute approximate surface area is 77.1 Å². The molecular formula is C7H3F4O2S. The third-order valence-electron chi connectivity index (χ3n) is 1.33. The molecule has 0 amide bonds. The molecule has 0 bridgehead atoms. The second kappa shape index (κ2) is 3.23. The lowest BCUT2D eigenvalue weighted by molar-refractivity contribution is -0.0436. The second-order valence-electron chi connectivity index (χ2n) is 2.31. The third kappa shape index (κ3) is 1.87. The number of alkyl halides is 3. The van der Waals surface area contributed by atoms with E-state index in [0.29, 0.717) is 6.07 Å². The molecule has 1 aromatic carbocycles. The molecule has 77 valence electrons. The molecule has 0 aliphatic heterocycles. The molecule has 0 saturated carbocycles. The van der Waals surface area contributed by atoms with Crippen LogP contribution in [0.2, 0.25) is 0 Å². The quantitative estimate of drug-likeness (QED) is 0.687. The van der Waals surface area contributed by atoms with E-state index in [-0.39, 0.29) is 0 Å². The van der Waals surface area contributed by atoms with E-state index in [1.807, 2.05) is 0 Å². The van der Waals surface area contributed by atoms with Crippen molar-refractivity contribution in [3.05, 3.63) is 30.1 Å². The van der Waals surface area contributed by atoms with Gasteiger partial charge < -0.3 is 0 Å². The van der Waals surface area contributed by atoms with E-state index in [1.165, 1.54) is 6.07 Å². The summed E-state index contributed by atoms with van der Waals surface area (Å²) in [4.78, 5) is -1.22. The number of hydrogen-bond acceptors (Lipinski definition) is 2. The van der Waals surface area contributed by atoms with Crippen molar-refractivity contribution < 1.29 is 26.0 Å². The Morgan fingerprint density at radius 1 is 1.21 bits per heavy atom. The molecule has 7 heteroatoms. The minimum absolute atomic E-state index is 0.631. The number of benzene rings is 1. The molecule has 0 N–H and O–H groups in total. The zero-order valence-electron chi connectivity index (χ0n) is 6.47. The van der Waals surface area contributed by atoms with E-state index in [2.05, 4.69) is 0 Å². The van der Waals surface area contributed by atoms with Crippen molar-refractivity contribution in [2.75, 3.05) is 0 Å². The van der Waals surface area contributed by atoms with Crippen molar-refractivity contribution in [3.63, 3.8) is 0 Å². The molecule has 0 aliphatic carbocycles. The van der Waals surface area contributed by atoms with Gasteiger partial charge in [0.2, 0.25) is 0 Å². The molecule has 0 heterocycles. The van der Waals surface area contributed by atoms with Crippen molar-refractivity contribution in [2.24, 2.45) is 0 Å². The van der Waals surface area contributed by atoms with Crippen molar-refractivity contribution in [2.45, 2.75) is 10.4 Å². The standard InChI is InChI=1S/C7H3F4O2S/c8-5-2-1-3-6(4-5)14(12,13)7(9,10)11/h1-3H. The monoisotopic (exact) mass is 227 g/mol. The van der Waals surface area contributed by atoms with Crippen molar-refractivity contribution >= 4 is 9.84 Å². The summed E-state index contributed by atoms with van der Waals surface area (Å²) in [6, 6.07) is 3.78. The summed E-state index contributed by atoms with van der Waals surface area (Å²) >= 11 is 0. The van der Waals surface area contributed by atoms with E-state index >= 15 is 0 Å². The number of halogens is 4.